The Kier molecular flexibility index (Phi) is 4.15. The third-order valence-corrected chi connectivity index (χ3v) is 3.25. The molecular weight excluding hydrogens is 232 g/mol. The third kappa shape index (κ3) is 2.79. The maximum atomic E-state index is 11.6. The van der Waals surface area contributed by atoms with Crippen molar-refractivity contribution in [3.05, 3.63) is 23.9 Å². The summed E-state index contributed by atoms with van der Waals surface area (Å²) in [5.41, 5.74) is 0.464. The Hall–Kier alpha value is -1.62. The quantitative estimate of drug-likeness (QED) is 0.824. The molecule has 2 unspecified atom stereocenters. The van der Waals surface area contributed by atoms with Crippen LogP contribution in [0.2, 0.25) is 0 Å². The highest BCUT2D eigenvalue weighted by Gasteiger charge is 2.24. The van der Waals surface area contributed by atoms with E-state index in [1.54, 1.807) is 18.3 Å². The van der Waals surface area contributed by atoms with Crippen LogP contribution in [0, 0.1) is 5.92 Å². The molecule has 1 aliphatic heterocycles. The first-order valence-electron chi connectivity index (χ1n) is 6.10. The van der Waals surface area contributed by atoms with Crippen LogP contribution in [-0.2, 0) is 9.47 Å². The van der Waals surface area contributed by atoms with Gasteiger partial charge in [0.1, 0.15) is 11.4 Å². The molecule has 5 nitrogen and oxygen atoms in total. The zero-order chi connectivity index (χ0) is 13.0. The van der Waals surface area contributed by atoms with E-state index in [0.29, 0.717) is 17.3 Å². The van der Waals surface area contributed by atoms with Crippen LogP contribution in [0.15, 0.2) is 18.3 Å². The van der Waals surface area contributed by atoms with Gasteiger partial charge in [-0.2, -0.15) is 0 Å². The number of aromatic nitrogens is 1. The lowest BCUT2D eigenvalue weighted by Crippen LogP contribution is -2.27. The lowest BCUT2D eigenvalue weighted by atomic mass is 10.0. The number of hydrogen-bond acceptors (Lipinski definition) is 5. The predicted molar refractivity (Wildman–Crippen MR) is 67.6 cm³/mol. The number of nitrogens with one attached hydrogen (secondary N) is 1. The Bertz CT molecular complexity index is 416. The highest BCUT2D eigenvalue weighted by molar-refractivity contribution is 5.94. The number of nitrogens with zero attached hydrogens (tertiary/aromatic N) is 1. The molecule has 0 spiro atoms. The normalized spacial score (nSPS) is 20.4. The molecule has 1 saturated heterocycles. The van der Waals surface area contributed by atoms with Crippen LogP contribution in [0.25, 0.3) is 0 Å². The second-order valence-corrected chi connectivity index (χ2v) is 4.45. The number of carbonyl (C=O) groups is 1. The largest absolute Gasteiger partial charge is 0.465 e. The molecule has 0 amide bonds. The molecule has 2 rings (SSSR count). The van der Waals surface area contributed by atoms with Gasteiger partial charge in [-0.25, -0.2) is 9.78 Å². The van der Waals surface area contributed by atoms with Crippen molar-refractivity contribution in [2.75, 3.05) is 25.6 Å². The fourth-order valence-corrected chi connectivity index (χ4v) is 2.08. The van der Waals surface area contributed by atoms with E-state index in [2.05, 4.69) is 17.2 Å². The second kappa shape index (κ2) is 5.82. The predicted octanol–water partition coefficient (Wildman–Crippen LogP) is 1.71. The summed E-state index contributed by atoms with van der Waals surface area (Å²) in [5, 5.41) is 3.28. The van der Waals surface area contributed by atoms with E-state index in [1.807, 2.05) is 0 Å². The van der Waals surface area contributed by atoms with Gasteiger partial charge in [0, 0.05) is 24.8 Å². The fraction of sp³-hybridized carbons (Fsp3) is 0.538. The van der Waals surface area contributed by atoms with Crippen LogP contribution in [0.3, 0.4) is 0 Å². The van der Waals surface area contributed by atoms with E-state index in [-0.39, 0.29) is 12.0 Å². The molecule has 5 heteroatoms. The van der Waals surface area contributed by atoms with Crippen LogP contribution in [0.4, 0.5) is 5.82 Å². The molecule has 2 heterocycles. The Morgan fingerprint density at radius 1 is 1.67 bits per heavy atom. The van der Waals surface area contributed by atoms with Gasteiger partial charge < -0.3 is 14.8 Å². The summed E-state index contributed by atoms with van der Waals surface area (Å²) in [7, 11) is 1.37. The van der Waals surface area contributed by atoms with Crippen molar-refractivity contribution < 1.29 is 14.3 Å². The summed E-state index contributed by atoms with van der Waals surface area (Å²) in [6.45, 7) is 3.65. The number of ether oxygens (including phenoxy) is 2. The topological polar surface area (TPSA) is 60.5 Å². The van der Waals surface area contributed by atoms with Crippen LogP contribution >= 0.6 is 0 Å². The van der Waals surface area contributed by atoms with Crippen molar-refractivity contribution in [1.82, 2.24) is 4.98 Å². The molecule has 0 bridgehead atoms. The number of rotatable bonds is 4. The Morgan fingerprint density at radius 3 is 3.17 bits per heavy atom. The first-order valence-corrected chi connectivity index (χ1v) is 6.10. The molecule has 98 valence electrons. The third-order valence-electron chi connectivity index (χ3n) is 3.25. The zero-order valence-electron chi connectivity index (χ0n) is 10.7. The minimum absolute atomic E-state index is 0.214. The van der Waals surface area contributed by atoms with Gasteiger partial charge in [0.2, 0.25) is 0 Å². The second-order valence-electron chi connectivity index (χ2n) is 4.45. The van der Waals surface area contributed by atoms with E-state index >= 15 is 0 Å². The van der Waals surface area contributed by atoms with E-state index in [9.17, 15) is 4.79 Å². The average Bonchev–Trinajstić information content (AvgIpc) is 2.92. The smallest absolute Gasteiger partial charge is 0.341 e. The van der Waals surface area contributed by atoms with Crippen molar-refractivity contribution >= 4 is 11.8 Å². The summed E-state index contributed by atoms with van der Waals surface area (Å²) in [5.74, 6) is 0.654. The minimum Gasteiger partial charge on any atom is -0.465 e. The van der Waals surface area contributed by atoms with Crippen molar-refractivity contribution in [2.24, 2.45) is 5.92 Å². The average molecular weight is 250 g/mol. The van der Waals surface area contributed by atoms with Crippen molar-refractivity contribution in [3.8, 4) is 0 Å². The van der Waals surface area contributed by atoms with Crippen LogP contribution < -0.4 is 5.32 Å². The summed E-state index contributed by atoms with van der Waals surface area (Å²) in [6, 6.07) is 3.64. The van der Waals surface area contributed by atoms with Gasteiger partial charge in [0.15, 0.2) is 0 Å². The van der Waals surface area contributed by atoms with Crippen molar-refractivity contribution in [2.45, 2.75) is 19.4 Å². The van der Waals surface area contributed by atoms with Crippen LogP contribution in [0.5, 0.6) is 0 Å². The summed E-state index contributed by atoms with van der Waals surface area (Å²) in [6.07, 6.45) is 2.70. The van der Waals surface area contributed by atoms with Gasteiger partial charge in [-0.15, -0.1) is 0 Å². The van der Waals surface area contributed by atoms with Crippen molar-refractivity contribution in [1.29, 1.82) is 0 Å². The van der Waals surface area contributed by atoms with Gasteiger partial charge in [0.05, 0.1) is 13.7 Å². The van der Waals surface area contributed by atoms with Gasteiger partial charge in [-0.05, 0) is 25.5 Å². The Labute approximate surface area is 107 Å². The van der Waals surface area contributed by atoms with Crippen LogP contribution in [0.1, 0.15) is 23.7 Å². The molecule has 1 aromatic heterocycles. The summed E-state index contributed by atoms with van der Waals surface area (Å²) < 4.78 is 10.1. The molecule has 1 N–H and O–H groups in total. The van der Waals surface area contributed by atoms with Crippen LogP contribution in [-0.4, -0.2) is 37.3 Å². The van der Waals surface area contributed by atoms with Gasteiger partial charge >= 0.3 is 5.97 Å². The highest BCUT2D eigenvalue weighted by atomic mass is 16.5. The zero-order valence-corrected chi connectivity index (χ0v) is 10.7. The SMILES string of the molecule is COC(=O)c1cccnc1NC(C)C1CCOC1. The van der Waals surface area contributed by atoms with E-state index < -0.39 is 0 Å². The number of hydrogen-bond donors (Lipinski definition) is 1. The lowest BCUT2D eigenvalue weighted by molar-refractivity contribution is 0.0601. The number of methoxy groups -OCH3 is 1. The van der Waals surface area contributed by atoms with E-state index in [4.69, 9.17) is 9.47 Å². The molecule has 1 aromatic rings. The molecule has 2 atom stereocenters. The highest BCUT2D eigenvalue weighted by Crippen LogP contribution is 2.21. The summed E-state index contributed by atoms with van der Waals surface area (Å²) >= 11 is 0. The number of esters is 1. The lowest BCUT2D eigenvalue weighted by Gasteiger charge is -2.20. The molecule has 0 aromatic carbocycles. The molecule has 0 saturated carbocycles. The van der Waals surface area contributed by atoms with E-state index in [0.717, 1.165) is 19.6 Å². The molecule has 18 heavy (non-hydrogen) atoms. The summed E-state index contributed by atoms with van der Waals surface area (Å²) in [4.78, 5) is 15.8. The number of carbonyl (C=O) groups excluding carboxylic acids is 1. The molecular formula is C13H18N2O3. The maximum Gasteiger partial charge on any atom is 0.341 e. The number of anilines is 1. The number of pyridine rings is 1. The van der Waals surface area contributed by atoms with Crippen molar-refractivity contribution in [3.63, 3.8) is 0 Å². The molecule has 1 fully saturated rings. The first-order chi connectivity index (χ1) is 8.72. The fourth-order valence-electron chi connectivity index (χ4n) is 2.08. The van der Waals surface area contributed by atoms with Gasteiger partial charge in [-0.3, -0.25) is 0 Å². The minimum atomic E-state index is -0.375. The molecule has 0 radical (unpaired) electrons. The monoisotopic (exact) mass is 250 g/mol. The van der Waals surface area contributed by atoms with Gasteiger partial charge in [0.25, 0.3) is 0 Å². The standard InChI is InChI=1S/C13H18N2O3/c1-9(10-5-7-18-8-10)15-12-11(13(16)17-2)4-3-6-14-12/h3-4,6,9-10H,5,7-8H2,1-2H3,(H,14,15). The molecule has 1 aliphatic rings. The molecule has 0 aliphatic carbocycles. The first kappa shape index (κ1) is 12.8. The van der Waals surface area contributed by atoms with Gasteiger partial charge in [-0.1, -0.05) is 0 Å². The maximum absolute atomic E-state index is 11.6. The van der Waals surface area contributed by atoms with E-state index in [1.165, 1.54) is 7.11 Å². The Morgan fingerprint density at radius 2 is 2.50 bits per heavy atom. The Balaban J connectivity index is 2.10.